The van der Waals surface area contributed by atoms with E-state index in [2.05, 4.69) is 4.98 Å². The summed E-state index contributed by atoms with van der Waals surface area (Å²) in [5.41, 5.74) is 5.29. The second kappa shape index (κ2) is 9.04. The van der Waals surface area contributed by atoms with Crippen LogP contribution in [-0.2, 0) is 0 Å². The molecule has 0 aliphatic carbocycles. The average Bonchev–Trinajstić information content (AvgIpc) is 2.75. The van der Waals surface area contributed by atoms with Crippen molar-refractivity contribution in [2.24, 2.45) is 0 Å². The normalized spacial score (nSPS) is 10.1. The first-order valence-electron chi connectivity index (χ1n) is 9.01. The summed E-state index contributed by atoms with van der Waals surface area (Å²) in [7, 11) is 0. The number of halogens is 1. The molecule has 0 atom stereocenters. The topological polar surface area (TPSA) is 142 Å². The number of hydrogen-bond donors (Lipinski definition) is 2. The van der Waals surface area contributed by atoms with Crippen LogP contribution in [-0.4, -0.2) is 17.6 Å². The van der Waals surface area contributed by atoms with Crippen molar-refractivity contribution in [3.05, 3.63) is 74.5 Å². The molecule has 154 valence electrons. The summed E-state index contributed by atoms with van der Waals surface area (Å²) in [5.74, 6) is -0.568. The Bertz CT molecular complexity index is 1320. The van der Waals surface area contributed by atoms with Gasteiger partial charge in [-0.1, -0.05) is 29.8 Å². The predicted octanol–water partition coefficient (Wildman–Crippen LogP) is 3.64. The molecule has 0 bridgehead atoms. The van der Waals surface area contributed by atoms with Gasteiger partial charge in [0.15, 0.2) is 11.5 Å². The number of rotatable bonds is 5. The van der Waals surface area contributed by atoms with Gasteiger partial charge in [-0.25, -0.2) is 4.79 Å². The first-order chi connectivity index (χ1) is 14.9. The van der Waals surface area contributed by atoms with Gasteiger partial charge in [-0.3, -0.25) is 4.79 Å². The zero-order valence-corrected chi connectivity index (χ0v) is 17.0. The van der Waals surface area contributed by atoms with Crippen LogP contribution < -0.4 is 20.8 Å². The van der Waals surface area contributed by atoms with Crippen LogP contribution in [0.25, 0.3) is 11.1 Å². The first-order valence-corrected chi connectivity index (χ1v) is 9.38. The molecule has 0 aliphatic rings. The molecule has 3 aromatic rings. The lowest BCUT2D eigenvalue weighted by Gasteiger charge is -2.14. The van der Waals surface area contributed by atoms with Crippen molar-refractivity contribution < 1.29 is 14.3 Å². The summed E-state index contributed by atoms with van der Waals surface area (Å²) in [6.45, 7) is 1.98. The van der Waals surface area contributed by atoms with E-state index < -0.39 is 11.5 Å². The van der Waals surface area contributed by atoms with Gasteiger partial charge >= 0.3 is 5.97 Å². The van der Waals surface area contributed by atoms with Crippen molar-refractivity contribution in [2.45, 2.75) is 6.92 Å². The standard InChI is InChI=1S/C22H15ClN4O4/c1-2-30-18-9-12(19-14(10-24)20(26)27-21(28)15(19)11-25)7-8-17(18)31-22(29)13-5-3-4-6-16(13)23/h3-9H,2H2,1H3,(H3,26,27,28). The number of carbonyl (C=O) groups is 1. The van der Waals surface area contributed by atoms with Gasteiger partial charge in [0.25, 0.3) is 5.56 Å². The van der Waals surface area contributed by atoms with E-state index in [0.717, 1.165) is 0 Å². The lowest BCUT2D eigenvalue weighted by molar-refractivity contribution is 0.0728. The molecule has 1 aromatic heterocycles. The molecular weight excluding hydrogens is 420 g/mol. The molecule has 3 N–H and O–H groups in total. The number of nitrogens with zero attached hydrogens (tertiary/aromatic N) is 2. The Labute approximate surface area is 182 Å². The fourth-order valence-corrected chi connectivity index (χ4v) is 3.14. The van der Waals surface area contributed by atoms with E-state index in [1.165, 1.54) is 24.3 Å². The summed E-state index contributed by atoms with van der Waals surface area (Å²) in [6.07, 6.45) is 0. The number of nitrogens with two attached hydrogens (primary N) is 1. The molecule has 0 saturated heterocycles. The Morgan fingerprint density at radius 3 is 2.48 bits per heavy atom. The van der Waals surface area contributed by atoms with Gasteiger partial charge in [0.1, 0.15) is 29.1 Å². The van der Waals surface area contributed by atoms with Crippen LogP contribution in [0.2, 0.25) is 5.02 Å². The fraction of sp³-hybridized carbons (Fsp3) is 0.0909. The maximum absolute atomic E-state index is 12.5. The number of nitrogens with one attached hydrogen (secondary N) is 1. The number of ether oxygens (including phenoxy) is 2. The molecule has 0 unspecified atom stereocenters. The second-order valence-electron chi connectivity index (χ2n) is 6.18. The third-order valence-corrected chi connectivity index (χ3v) is 4.63. The van der Waals surface area contributed by atoms with E-state index >= 15 is 0 Å². The molecule has 0 fully saturated rings. The molecule has 2 aromatic carbocycles. The number of carbonyl (C=O) groups excluding carboxylic acids is 1. The van der Waals surface area contributed by atoms with Gasteiger partial charge in [0.2, 0.25) is 0 Å². The number of aromatic nitrogens is 1. The van der Waals surface area contributed by atoms with Crippen LogP contribution in [0.15, 0.2) is 47.3 Å². The highest BCUT2D eigenvalue weighted by atomic mass is 35.5. The fourth-order valence-electron chi connectivity index (χ4n) is 2.93. The SMILES string of the molecule is CCOc1cc(-c2c(C#N)c(N)[nH]c(=O)c2C#N)ccc1OC(=O)c1ccccc1Cl. The second-order valence-corrected chi connectivity index (χ2v) is 6.59. The molecule has 1 heterocycles. The van der Waals surface area contributed by atoms with E-state index in [1.54, 1.807) is 31.2 Å². The molecule has 0 saturated carbocycles. The van der Waals surface area contributed by atoms with Crippen molar-refractivity contribution in [1.29, 1.82) is 10.5 Å². The summed E-state index contributed by atoms with van der Waals surface area (Å²) in [5, 5.41) is 19.2. The summed E-state index contributed by atoms with van der Waals surface area (Å²) < 4.78 is 11.0. The van der Waals surface area contributed by atoms with Gasteiger partial charge in [0.05, 0.1) is 17.2 Å². The maximum atomic E-state index is 12.5. The van der Waals surface area contributed by atoms with Crippen LogP contribution in [0.5, 0.6) is 11.5 Å². The molecule has 31 heavy (non-hydrogen) atoms. The van der Waals surface area contributed by atoms with Gasteiger partial charge in [-0.15, -0.1) is 0 Å². The van der Waals surface area contributed by atoms with Crippen molar-refractivity contribution >= 4 is 23.4 Å². The number of anilines is 1. The minimum absolute atomic E-state index is 0.0561. The van der Waals surface area contributed by atoms with Crippen LogP contribution in [0.3, 0.4) is 0 Å². The van der Waals surface area contributed by atoms with Crippen molar-refractivity contribution in [3.63, 3.8) is 0 Å². The van der Waals surface area contributed by atoms with E-state index in [9.17, 15) is 20.1 Å². The number of hydrogen-bond acceptors (Lipinski definition) is 7. The summed E-state index contributed by atoms with van der Waals surface area (Å²) in [6, 6.07) is 14.5. The molecule has 9 heteroatoms. The van der Waals surface area contributed by atoms with Crippen LogP contribution >= 0.6 is 11.6 Å². The number of nitriles is 2. The van der Waals surface area contributed by atoms with E-state index in [1.807, 2.05) is 6.07 Å². The van der Waals surface area contributed by atoms with Gasteiger partial charge < -0.3 is 20.2 Å². The number of esters is 1. The number of pyridine rings is 1. The Morgan fingerprint density at radius 1 is 1.13 bits per heavy atom. The highest BCUT2D eigenvalue weighted by Crippen LogP contribution is 2.36. The Balaban J connectivity index is 2.12. The Kier molecular flexibility index (Phi) is 6.25. The van der Waals surface area contributed by atoms with E-state index in [-0.39, 0.29) is 51.2 Å². The number of aromatic amines is 1. The summed E-state index contributed by atoms with van der Waals surface area (Å²) >= 11 is 6.05. The van der Waals surface area contributed by atoms with Gasteiger partial charge in [-0.05, 0) is 36.8 Å². The minimum Gasteiger partial charge on any atom is -0.490 e. The molecule has 8 nitrogen and oxygen atoms in total. The largest absolute Gasteiger partial charge is 0.490 e. The third-order valence-electron chi connectivity index (χ3n) is 4.30. The average molecular weight is 435 g/mol. The molecule has 0 amide bonds. The Morgan fingerprint density at radius 2 is 1.84 bits per heavy atom. The number of H-pyrrole nitrogens is 1. The number of benzene rings is 2. The minimum atomic E-state index is -0.721. The van der Waals surface area contributed by atoms with Crippen LogP contribution in [0, 0.1) is 22.7 Å². The summed E-state index contributed by atoms with van der Waals surface area (Å²) in [4.78, 5) is 27.0. The maximum Gasteiger partial charge on any atom is 0.345 e. The van der Waals surface area contributed by atoms with Crippen LogP contribution in [0.1, 0.15) is 28.4 Å². The van der Waals surface area contributed by atoms with Gasteiger partial charge in [0, 0.05) is 5.56 Å². The first kappa shape index (κ1) is 21.4. The molecule has 0 aliphatic heterocycles. The highest BCUT2D eigenvalue weighted by Gasteiger charge is 2.21. The van der Waals surface area contributed by atoms with Crippen molar-refractivity contribution in [2.75, 3.05) is 12.3 Å². The number of nitrogen functional groups attached to an aromatic ring is 1. The molecule has 0 spiro atoms. The van der Waals surface area contributed by atoms with Crippen molar-refractivity contribution in [1.82, 2.24) is 4.98 Å². The zero-order valence-electron chi connectivity index (χ0n) is 16.2. The third kappa shape index (κ3) is 4.20. The van der Waals surface area contributed by atoms with E-state index in [4.69, 9.17) is 26.8 Å². The quantitative estimate of drug-likeness (QED) is 0.461. The van der Waals surface area contributed by atoms with E-state index in [0.29, 0.717) is 5.56 Å². The lowest BCUT2D eigenvalue weighted by Crippen LogP contribution is -2.16. The molecule has 0 radical (unpaired) electrons. The smallest absolute Gasteiger partial charge is 0.345 e. The monoisotopic (exact) mass is 434 g/mol. The highest BCUT2D eigenvalue weighted by molar-refractivity contribution is 6.33. The van der Waals surface area contributed by atoms with Gasteiger partial charge in [-0.2, -0.15) is 10.5 Å². The zero-order chi connectivity index (χ0) is 22.5. The molecule has 3 rings (SSSR count). The Hall–Kier alpha value is -4.27. The van der Waals surface area contributed by atoms with Crippen molar-refractivity contribution in [3.8, 4) is 34.8 Å². The lowest BCUT2D eigenvalue weighted by atomic mass is 9.96. The van der Waals surface area contributed by atoms with Crippen LogP contribution in [0.4, 0.5) is 5.82 Å². The molecular formula is C22H15ClN4O4. The predicted molar refractivity (Wildman–Crippen MR) is 114 cm³/mol.